The standard InChI is InChI=1S/C27H33N7O2/c1-17(2)11-14-33-23-24(30-26(33)32-13-6-9-20(28)15-32)31(4)27(36)34(25(23)35)16-21-22-18(3)7-5-8-19(22)10-12-29-21/h5,7-8,10-12,20H,6,9,13-16,28H2,1-4H3. The molecule has 36 heavy (non-hydrogen) atoms. The molecule has 9 heteroatoms. The Morgan fingerprint density at radius 1 is 1.19 bits per heavy atom. The number of piperidine rings is 1. The predicted octanol–water partition coefficient (Wildman–Crippen LogP) is 2.70. The van der Waals surface area contributed by atoms with E-state index in [-0.39, 0.29) is 18.1 Å². The lowest BCUT2D eigenvalue weighted by Gasteiger charge is -2.31. The number of benzene rings is 1. The molecule has 1 aromatic carbocycles. The Morgan fingerprint density at radius 2 is 2.00 bits per heavy atom. The third-order valence-corrected chi connectivity index (χ3v) is 7.02. The Morgan fingerprint density at radius 3 is 2.75 bits per heavy atom. The molecule has 0 spiro atoms. The molecule has 3 aromatic heterocycles. The minimum atomic E-state index is -0.409. The first kappa shape index (κ1) is 24.0. The summed E-state index contributed by atoms with van der Waals surface area (Å²) in [5.74, 6) is 0.682. The van der Waals surface area contributed by atoms with E-state index >= 15 is 0 Å². The van der Waals surface area contributed by atoms with Crippen molar-refractivity contribution in [3.05, 3.63) is 74.2 Å². The molecule has 0 saturated carbocycles. The fourth-order valence-corrected chi connectivity index (χ4v) is 5.14. The maximum atomic E-state index is 13.9. The SMILES string of the molecule is CC(C)=CCn1c(N2CCCC(N)C2)nc2c1c(=O)n(Cc1nccc3cccc(C)c13)c(=O)n2C. The number of anilines is 1. The molecule has 0 bridgehead atoms. The van der Waals surface area contributed by atoms with Crippen LogP contribution in [0.4, 0.5) is 5.95 Å². The van der Waals surface area contributed by atoms with Gasteiger partial charge >= 0.3 is 5.69 Å². The second-order valence-electron chi connectivity index (χ2n) is 9.99. The van der Waals surface area contributed by atoms with E-state index in [4.69, 9.17) is 10.7 Å². The average molecular weight is 488 g/mol. The maximum absolute atomic E-state index is 13.9. The van der Waals surface area contributed by atoms with Gasteiger partial charge in [0.05, 0.1) is 12.2 Å². The van der Waals surface area contributed by atoms with Crippen molar-refractivity contribution in [1.29, 1.82) is 0 Å². The quantitative estimate of drug-likeness (QED) is 0.434. The third-order valence-electron chi connectivity index (χ3n) is 7.02. The third kappa shape index (κ3) is 4.13. The molecular formula is C27H33N7O2. The highest BCUT2D eigenvalue weighted by molar-refractivity contribution is 5.87. The van der Waals surface area contributed by atoms with Crippen LogP contribution in [0.15, 0.2) is 51.7 Å². The van der Waals surface area contributed by atoms with E-state index in [1.165, 1.54) is 9.13 Å². The van der Waals surface area contributed by atoms with Crippen molar-refractivity contribution in [3.8, 4) is 0 Å². The van der Waals surface area contributed by atoms with Gasteiger partial charge in [-0.25, -0.2) is 4.79 Å². The largest absolute Gasteiger partial charge is 0.341 e. The molecule has 4 aromatic rings. The molecule has 1 saturated heterocycles. The number of nitrogens with zero attached hydrogens (tertiary/aromatic N) is 6. The molecule has 1 fully saturated rings. The summed E-state index contributed by atoms with van der Waals surface area (Å²) < 4.78 is 4.69. The van der Waals surface area contributed by atoms with E-state index < -0.39 is 5.69 Å². The highest BCUT2D eigenvalue weighted by atomic mass is 16.2. The number of aryl methyl sites for hydroxylation is 2. The molecule has 4 heterocycles. The minimum Gasteiger partial charge on any atom is -0.341 e. The molecule has 0 aliphatic carbocycles. The number of allylic oxidation sites excluding steroid dienone is 2. The van der Waals surface area contributed by atoms with E-state index in [0.717, 1.165) is 41.3 Å². The normalized spacial score (nSPS) is 16.1. The van der Waals surface area contributed by atoms with Crippen LogP contribution >= 0.6 is 0 Å². The van der Waals surface area contributed by atoms with Crippen molar-refractivity contribution >= 4 is 27.9 Å². The highest BCUT2D eigenvalue weighted by Crippen LogP contribution is 2.24. The van der Waals surface area contributed by atoms with Gasteiger partial charge in [-0.2, -0.15) is 4.98 Å². The summed E-state index contributed by atoms with van der Waals surface area (Å²) in [4.78, 5) is 38.9. The van der Waals surface area contributed by atoms with Gasteiger partial charge in [-0.3, -0.25) is 18.9 Å². The van der Waals surface area contributed by atoms with Gasteiger partial charge < -0.3 is 15.2 Å². The second-order valence-corrected chi connectivity index (χ2v) is 9.99. The van der Waals surface area contributed by atoms with Crippen LogP contribution in [0.2, 0.25) is 0 Å². The van der Waals surface area contributed by atoms with E-state index in [2.05, 4.69) is 16.0 Å². The summed E-state index contributed by atoms with van der Waals surface area (Å²) in [6, 6.07) is 8.02. The molecule has 1 aliphatic rings. The summed E-state index contributed by atoms with van der Waals surface area (Å²) in [5, 5.41) is 2.00. The van der Waals surface area contributed by atoms with Gasteiger partial charge in [0.2, 0.25) is 5.95 Å². The molecule has 1 unspecified atom stereocenters. The van der Waals surface area contributed by atoms with Crippen LogP contribution < -0.4 is 21.9 Å². The van der Waals surface area contributed by atoms with Gasteiger partial charge in [-0.15, -0.1) is 0 Å². The second kappa shape index (κ2) is 9.39. The van der Waals surface area contributed by atoms with Crippen LogP contribution in [0.1, 0.15) is 37.9 Å². The van der Waals surface area contributed by atoms with Crippen molar-refractivity contribution in [2.24, 2.45) is 12.8 Å². The molecule has 188 valence electrons. The number of hydrogen-bond donors (Lipinski definition) is 1. The van der Waals surface area contributed by atoms with Crippen molar-refractivity contribution < 1.29 is 0 Å². The lowest BCUT2D eigenvalue weighted by molar-refractivity contribution is 0.495. The summed E-state index contributed by atoms with van der Waals surface area (Å²) >= 11 is 0. The number of pyridine rings is 1. The first-order chi connectivity index (χ1) is 17.3. The zero-order chi connectivity index (χ0) is 25.6. The molecule has 5 rings (SSSR count). The molecule has 2 N–H and O–H groups in total. The Labute approximate surface area is 209 Å². The Bertz CT molecular complexity index is 1600. The Hall–Kier alpha value is -3.72. The molecule has 1 aliphatic heterocycles. The first-order valence-electron chi connectivity index (χ1n) is 12.4. The first-order valence-corrected chi connectivity index (χ1v) is 12.4. The van der Waals surface area contributed by atoms with Crippen LogP contribution in [-0.2, 0) is 20.1 Å². The molecule has 1 atom stereocenters. The monoisotopic (exact) mass is 487 g/mol. The van der Waals surface area contributed by atoms with Crippen LogP contribution in [0.5, 0.6) is 0 Å². The van der Waals surface area contributed by atoms with E-state index in [1.54, 1.807) is 13.2 Å². The van der Waals surface area contributed by atoms with Gasteiger partial charge in [0, 0.05) is 44.3 Å². The van der Waals surface area contributed by atoms with Crippen molar-refractivity contribution in [3.63, 3.8) is 0 Å². The van der Waals surface area contributed by atoms with Crippen LogP contribution in [0.3, 0.4) is 0 Å². The number of rotatable bonds is 5. The molecular weight excluding hydrogens is 454 g/mol. The number of hydrogen-bond acceptors (Lipinski definition) is 6. The fraction of sp³-hybridized carbons (Fsp3) is 0.407. The maximum Gasteiger partial charge on any atom is 0.332 e. The number of aromatic nitrogens is 5. The van der Waals surface area contributed by atoms with Crippen LogP contribution in [0, 0.1) is 6.92 Å². The number of nitrogens with two attached hydrogens (primary N) is 1. The highest BCUT2D eigenvalue weighted by Gasteiger charge is 2.26. The lowest BCUT2D eigenvalue weighted by atomic mass is 10.0. The van der Waals surface area contributed by atoms with E-state index in [0.29, 0.717) is 35.9 Å². The van der Waals surface area contributed by atoms with Crippen molar-refractivity contribution in [2.45, 2.75) is 52.7 Å². The van der Waals surface area contributed by atoms with Crippen molar-refractivity contribution in [2.75, 3.05) is 18.0 Å². The summed E-state index contributed by atoms with van der Waals surface area (Å²) in [6.07, 6.45) is 5.72. The topological polar surface area (TPSA) is 104 Å². The number of fused-ring (bicyclic) bond motifs is 2. The smallest absolute Gasteiger partial charge is 0.332 e. The summed E-state index contributed by atoms with van der Waals surface area (Å²) in [5.41, 5.74) is 9.19. The Kier molecular flexibility index (Phi) is 6.26. The molecule has 0 radical (unpaired) electrons. The van der Waals surface area contributed by atoms with Gasteiger partial charge in [0.15, 0.2) is 11.2 Å². The Balaban J connectivity index is 1.73. The zero-order valence-electron chi connectivity index (χ0n) is 21.4. The average Bonchev–Trinajstić information content (AvgIpc) is 3.24. The summed E-state index contributed by atoms with van der Waals surface area (Å²) in [7, 11) is 1.67. The molecule has 9 nitrogen and oxygen atoms in total. The van der Waals surface area contributed by atoms with Crippen LogP contribution in [0.25, 0.3) is 21.9 Å². The number of imidazole rings is 1. The van der Waals surface area contributed by atoms with Gasteiger partial charge in [0.1, 0.15) is 0 Å². The van der Waals surface area contributed by atoms with E-state index in [1.807, 2.05) is 49.6 Å². The van der Waals surface area contributed by atoms with E-state index in [9.17, 15) is 9.59 Å². The summed E-state index contributed by atoms with van der Waals surface area (Å²) in [6.45, 7) is 8.12. The predicted molar refractivity (Wildman–Crippen MR) is 144 cm³/mol. The lowest BCUT2D eigenvalue weighted by Crippen LogP contribution is -2.44. The van der Waals surface area contributed by atoms with Crippen molar-refractivity contribution in [1.82, 2.24) is 23.7 Å². The minimum absolute atomic E-state index is 0.0524. The molecule has 0 amide bonds. The zero-order valence-corrected chi connectivity index (χ0v) is 21.4. The van der Waals surface area contributed by atoms with Gasteiger partial charge in [0.25, 0.3) is 5.56 Å². The van der Waals surface area contributed by atoms with Crippen LogP contribution in [-0.4, -0.2) is 42.8 Å². The van der Waals surface area contributed by atoms with Gasteiger partial charge in [-0.05, 0) is 50.6 Å². The van der Waals surface area contributed by atoms with Gasteiger partial charge in [-0.1, -0.05) is 29.8 Å². The fourth-order valence-electron chi connectivity index (χ4n) is 5.14.